The molecule has 0 unspecified atom stereocenters. The first-order valence-corrected chi connectivity index (χ1v) is 10.7. The first kappa shape index (κ1) is 27.9. The Labute approximate surface area is 193 Å². The molecule has 16 heteroatoms. The van der Waals surface area contributed by atoms with Gasteiger partial charge in [-0.2, -0.15) is 0 Å². The lowest BCUT2D eigenvalue weighted by Gasteiger charge is -2.48. The van der Waals surface area contributed by atoms with E-state index in [4.69, 9.17) is 29.4 Å². The molecule has 34 heavy (non-hydrogen) atoms. The lowest BCUT2D eigenvalue weighted by molar-refractivity contribution is -0.365. The molecule has 3 heterocycles. The van der Waals surface area contributed by atoms with Crippen molar-refractivity contribution in [1.82, 2.24) is 0 Å². The molecular weight excluding hydrogens is 470 g/mol. The van der Waals surface area contributed by atoms with E-state index in [9.17, 15) is 51.1 Å². The van der Waals surface area contributed by atoms with Gasteiger partial charge < -0.3 is 80.5 Å². The highest BCUT2D eigenvalue weighted by atomic mass is 16.7. The number of ether oxygens (including phenoxy) is 5. The van der Waals surface area contributed by atoms with Crippen LogP contribution in [0.2, 0.25) is 0 Å². The van der Waals surface area contributed by atoms with Crippen LogP contribution in [0.15, 0.2) is 0 Å². The molecule has 0 aliphatic carbocycles. The van der Waals surface area contributed by atoms with Crippen molar-refractivity contribution < 1.29 is 74.7 Å². The van der Waals surface area contributed by atoms with Crippen molar-refractivity contribution in [3.05, 3.63) is 0 Å². The van der Waals surface area contributed by atoms with Crippen molar-refractivity contribution in [3.8, 4) is 0 Å². The van der Waals surface area contributed by atoms with E-state index in [1.807, 2.05) is 0 Å². The van der Waals surface area contributed by atoms with Crippen LogP contribution in [0.5, 0.6) is 0 Å². The second-order valence-electron chi connectivity index (χ2n) is 8.42. The van der Waals surface area contributed by atoms with Crippen LogP contribution in [0.4, 0.5) is 0 Å². The maximum Gasteiger partial charge on any atom is 0.187 e. The molecule has 0 aromatic rings. The Morgan fingerprint density at radius 1 is 0.529 bits per heavy atom. The molecule has 0 bridgehead atoms. The van der Waals surface area contributed by atoms with E-state index in [2.05, 4.69) is 0 Å². The average Bonchev–Trinajstić information content (AvgIpc) is 2.82. The minimum atomic E-state index is -1.82. The van der Waals surface area contributed by atoms with Gasteiger partial charge in [0.15, 0.2) is 18.9 Å². The first-order chi connectivity index (χ1) is 16.0. The molecular formula is C18H33NO15. The fourth-order valence-electron chi connectivity index (χ4n) is 4.09. The van der Waals surface area contributed by atoms with Crippen molar-refractivity contribution in [3.63, 3.8) is 0 Å². The Morgan fingerprint density at radius 3 is 1.59 bits per heavy atom. The number of aliphatic hydroxyl groups excluding tert-OH is 10. The third-order valence-corrected chi connectivity index (χ3v) is 6.17. The standard InChI is InChI=1S/C18H33NO15/c19-7-14(33-18-13(28)11(26)8(23)5(2-21)32-18)10(25)6(3-22)31-17(7)34-15-12(27)9(24)4(1-20)30-16(15)29/h4-18,20-29H,1-3,19H2/t4-,5-,6-,7-,8+,9-,10-,11+,12+,13-,14-,15+,16-,17+,18-/m1/s1. The lowest BCUT2D eigenvalue weighted by atomic mass is 9.95. The molecule has 15 atom stereocenters. The van der Waals surface area contributed by atoms with E-state index in [0.29, 0.717) is 0 Å². The highest BCUT2D eigenvalue weighted by Gasteiger charge is 2.52. The van der Waals surface area contributed by atoms with E-state index in [1.165, 1.54) is 0 Å². The summed E-state index contributed by atoms with van der Waals surface area (Å²) in [4.78, 5) is 0. The number of rotatable bonds is 7. The van der Waals surface area contributed by atoms with Crippen LogP contribution in [0.25, 0.3) is 0 Å². The monoisotopic (exact) mass is 503 g/mol. The Balaban J connectivity index is 1.76. The Morgan fingerprint density at radius 2 is 1.00 bits per heavy atom. The molecule has 3 aliphatic heterocycles. The summed E-state index contributed by atoms with van der Waals surface area (Å²) in [5.74, 6) is 0. The van der Waals surface area contributed by atoms with Crippen LogP contribution in [0.1, 0.15) is 0 Å². The van der Waals surface area contributed by atoms with Crippen molar-refractivity contribution >= 4 is 0 Å². The summed E-state index contributed by atoms with van der Waals surface area (Å²) >= 11 is 0. The molecule has 0 aromatic heterocycles. The van der Waals surface area contributed by atoms with Gasteiger partial charge in [0.1, 0.15) is 67.1 Å². The van der Waals surface area contributed by atoms with Crippen LogP contribution in [-0.2, 0) is 23.7 Å². The molecule has 3 aliphatic rings. The minimum Gasteiger partial charge on any atom is -0.394 e. The lowest BCUT2D eigenvalue weighted by Crippen LogP contribution is -2.68. The molecule has 12 N–H and O–H groups in total. The molecule has 200 valence electrons. The third-order valence-electron chi connectivity index (χ3n) is 6.17. The summed E-state index contributed by atoms with van der Waals surface area (Å²) in [5, 5.41) is 99.2. The number of hydrogen-bond acceptors (Lipinski definition) is 16. The second-order valence-corrected chi connectivity index (χ2v) is 8.42. The van der Waals surface area contributed by atoms with E-state index in [0.717, 1.165) is 0 Å². The molecule has 0 aromatic carbocycles. The smallest absolute Gasteiger partial charge is 0.187 e. The highest BCUT2D eigenvalue weighted by Crippen LogP contribution is 2.31. The Hall–Kier alpha value is -0.640. The van der Waals surface area contributed by atoms with Crippen LogP contribution in [0.3, 0.4) is 0 Å². The van der Waals surface area contributed by atoms with Gasteiger partial charge in [-0.15, -0.1) is 0 Å². The van der Waals surface area contributed by atoms with Crippen LogP contribution >= 0.6 is 0 Å². The third kappa shape index (κ3) is 5.37. The zero-order valence-corrected chi connectivity index (χ0v) is 17.9. The van der Waals surface area contributed by atoms with Crippen molar-refractivity contribution in [2.75, 3.05) is 19.8 Å². The van der Waals surface area contributed by atoms with Gasteiger partial charge in [0.05, 0.1) is 25.9 Å². The molecule has 0 saturated carbocycles. The second kappa shape index (κ2) is 11.6. The van der Waals surface area contributed by atoms with Crippen molar-refractivity contribution in [2.45, 2.75) is 92.1 Å². The van der Waals surface area contributed by atoms with E-state index in [1.54, 1.807) is 0 Å². The average molecular weight is 503 g/mol. The van der Waals surface area contributed by atoms with Gasteiger partial charge >= 0.3 is 0 Å². The molecule has 3 fully saturated rings. The van der Waals surface area contributed by atoms with Gasteiger partial charge in [-0.25, -0.2) is 0 Å². The highest BCUT2D eigenvalue weighted by molar-refractivity contribution is 4.97. The van der Waals surface area contributed by atoms with E-state index >= 15 is 0 Å². The molecule has 16 nitrogen and oxygen atoms in total. The van der Waals surface area contributed by atoms with Gasteiger partial charge in [0.2, 0.25) is 0 Å². The SMILES string of the molecule is N[C@H]1[C@H](O[C@H]2[C@@H](O)[C@H](O)[C@@H](CO)O[C@H]2O)O[C@H](CO)[C@@H](O)[C@@H]1O[C@H]1O[C@H](CO)[C@H](O)[C@H](O)[C@H]1O. The van der Waals surface area contributed by atoms with E-state index < -0.39 is 112 Å². The fraction of sp³-hybridized carbons (Fsp3) is 1.00. The summed E-state index contributed by atoms with van der Waals surface area (Å²) in [6, 6.07) is -1.42. The first-order valence-electron chi connectivity index (χ1n) is 10.7. The topological polar surface area (TPSA) is 274 Å². The number of aliphatic hydroxyl groups is 10. The summed E-state index contributed by atoms with van der Waals surface area (Å²) in [6.07, 6.45) is -22.4. The molecule has 3 saturated heterocycles. The van der Waals surface area contributed by atoms with Crippen molar-refractivity contribution in [2.24, 2.45) is 5.73 Å². The van der Waals surface area contributed by atoms with Crippen LogP contribution < -0.4 is 5.73 Å². The quantitative estimate of drug-likeness (QED) is 0.154. The van der Waals surface area contributed by atoms with E-state index in [-0.39, 0.29) is 0 Å². The Kier molecular flexibility index (Phi) is 9.54. The van der Waals surface area contributed by atoms with Crippen LogP contribution in [0, 0.1) is 0 Å². The predicted octanol–water partition coefficient (Wildman–Crippen LogP) is -7.61. The maximum absolute atomic E-state index is 10.6. The maximum atomic E-state index is 10.6. The number of nitrogens with two attached hydrogens (primary N) is 1. The fourth-order valence-corrected chi connectivity index (χ4v) is 4.09. The molecule has 0 radical (unpaired) electrons. The largest absolute Gasteiger partial charge is 0.394 e. The van der Waals surface area contributed by atoms with Gasteiger partial charge in [-0.05, 0) is 0 Å². The summed E-state index contributed by atoms with van der Waals surface area (Å²) in [6.45, 7) is -2.19. The molecule has 0 amide bonds. The van der Waals surface area contributed by atoms with Crippen LogP contribution in [-0.4, -0.2) is 163 Å². The summed E-state index contributed by atoms with van der Waals surface area (Å²) in [5.41, 5.74) is 6.10. The predicted molar refractivity (Wildman–Crippen MR) is 103 cm³/mol. The van der Waals surface area contributed by atoms with Crippen molar-refractivity contribution in [1.29, 1.82) is 0 Å². The minimum absolute atomic E-state index is 0.699. The van der Waals surface area contributed by atoms with Gasteiger partial charge in [-0.3, -0.25) is 0 Å². The normalized spacial score (nSPS) is 52.5. The molecule has 0 spiro atoms. The zero-order chi connectivity index (χ0) is 25.3. The summed E-state index contributed by atoms with van der Waals surface area (Å²) < 4.78 is 26.7. The van der Waals surface area contributed by atoms with Gasteiger partial charge in [0, 0.05) is 0 Å². The number of hydrogen-bond donors (Lipinski definition) is 11. The summed E-state index contributed by atoms with van der Waals surface area (Å²) in [7, 11) is 0. The molecule has 3 rings (SSSR count). The Bertz CT molecular complexity index is 644. The zero-order valence-electron chi connectivity index (χ0n) is 17.9. The van der Waals surface area contributed by atoms with Gasteiger partial charge in [-0.1, -0.05) is 0 Å². The van der Waals surface area contributed by atoms with Gasteiger partial charge in [0.25, 0.3) is 0 Å².